The standard InChI is InChI=1S/C38H43N2O3.2C21H22N2O2.Co/c1-10-11-16-42-36(41)26-15-13-12-14-25(26)35-29-17-27-23(2)21-37(4,5)39(8)31(27)19-33(29)43-34-20-32-28(18-30(34)35)24(3)22-38(6,7)40(32)9;2*1-4-21(2,3)15-10-12-18(24)17(13-15)22-23-20-16-8-6-5-7-14(16)9-11-19(20)25;/h12-15,17-22H,10-11,16H2,1-9H3;2*5-13,24-25H,4H2,1-3H3;/q+1;;;. The van der Waals surface area contributed by atoms with Gasteiger partial charge in [0.1, 0.15) is 64.3 Å². The molecule has 0 aromatic heterocycles. The number of likely N-dealkylation sites (N-methyl/N-ethyl adjacent to an activating group) is 2. The normalized spacial score (nSPS) is 14.5. The quantitative estimate of drug-likeness (QED) is 0.0382. The number of nitrogens with zero attached hydrogens (tertiary/aromatic N) is 6. The van der Waals surface area contributed by atoms with Crippen LogP contribution in [0.25, 0.3) is 38.3 Å². The topological polar surface area (TPSA) is 172 Å². The fourth-order valence-electron chi connectivity index (χ4n) is 12.1. The molecule has 0 unspecified atom stereocenters. The van der Waals surface area contributed by atoms with Crippen LogP contribution in [0, 0.1) is 0 Å². The van der Waals surface area contributed by atoms with Crippen LogP contribution >= 0.6 is 0 Å². The van der Waals surface area contributed by atoms with Gasteiger partial charge >= 0.3 is 5.97 Å². The summed E-state index contributed by atoms with van der Waals surface area (Å²) in [4.78, 5) is 15.8. The predicted octanol–water partition coefficient (Wildman–Crippen LogP) is 19.7. The van der Waals surface area contributed by atoms with Gasteiger partial charge in [-0.25, -0.2) is 9.37 Å². The molecule has 0 bridgehead atoms. The Morgan fingerprint density at radius 2 is 1.09 bits per heavy atom. The number of carbonyl (C=O) groups is 1. The van der Waals surface area contributed by atoms with Crippen molar-refractivity contribution >= 4 is 72.7 Å². The maximum Gasteiger partial charge on any atom is 0.338 e. The molecule has 3 heterocycles. The number of ether oxygens (including phenoxy) is 2. The van der Waals surface area contributed by atoms with Gasteiger partial charge in [-0.1, -0.05) is 152 Å². The van der Waals surface area contributed by atoms with Gasteiger partial charge < -0.3 is 34.8 Å². The molecule has 0 saturated carbocycles. The summed E-state index contributed by atoms with van der Waals surface area (Å²) < 4.78 is 14.9. The van der Waals surface area contributed by atoms with Crippen LogP contribution in [0.1, 0.15) is 159 Å². The molecule has 0 fully saturated rings. The van der Waals surface area contributed by atoms with E-state index in [0.29, 0.717) is 34.9 Å². The molecule has 0 spiro atoms. The third-order valence-corrected chi connectivity index (χ3v) is 19.1. The van der Waals surface area contributed by atoms with Gasteiger partial charge in [-0.3, -0.25) is 0 Å². The van der Waals surface area contributed by atoms with Crippen molar-refractivity contribution in [2.24, 2.45) is 20.5 Å². The fraction of sp³-hybridized carbons (Fsp3) is 0.300. The number of rotatable bonds is 13. The monoisotopic (exact) mass is 1300 g/mol. The Bertz CT molecular complexity index is 4520. The van der Waals surface area contributed by atoms with E-state index in [1.54, 1.807) is 24.3 Å². The molecule has 0 amide bonds. The molecule has 12 rings (SSSR count). The second-order valence-corrected chi connectivity index (χ2v) is 26.9. The third-order valence-electron chi connectivity index (χ3n) is 19.1. The zero-order valence-corrected chi connectivity index (χ0v) is 57.8. The molecule has 3 aliphatic heterocycles. The van der Waals surface area contributed by atoms with Gasteiger partial charge in [-0.15, -0.1) is 20.5 Å². The van der Waals surface area contributed by atoms with Crippen LogP contribution in [-0.4, -0.2) is 58.2 Å². The summed E-state index contributed by atoms with van der Waals surface area (Å²) in [5.41, 5.74) is 12.8. The number of esters is 1. The fourth-order valence-corrected chi connectivity index (χ4v) is 12.1. The van der Waals surface area contributed by atoms with Gasteiger partial charge in [0.2, 0.25) is 5.36 Å². The van der Waals surface area contributed by atoms with Crippen molar-refractivity contribution in [1.29, 1.82) is 0 Å². The first kappa shape index (κ1) is 69.0. The number of unbranched alkanes of at least 4 members (excludes halogenated alkanes) is 1. The Morgan fingerprint density at radius 1 is 0.574 bits per heavy atom. The second-order valence-electron chi connectivity index (χ2n) is 26.9. The van der Waals surface area contributed by atoms with Crippen LogP contribution < -0.4 is 24.8 Å². The van der Waals surface area contributed by atoms with Crippen molar-refractivity contribution in [1.82, 2.24) is 4.58 Å². The van der Waals surface area contributed by atoms with E-state index in [4.69, 9.17) is 9.47 Å². The Labute approximate surface area is 563 Å². The van der Waals surface area contributed by atoms with Crippen molar-refractivity contribution in [3.8, 4) is 34.5 Å². The van der Waals surface area contributed by atoms with E-state index in [2.05, 4.69) is 170 Å². The number of phenolic OH excluding ortho intramolecular Hbond substituents is 4. The maximum absolute atomic E-state index is 13.5. The van der Waals surface area contributed by atoms with Crippen LogP contribution in [-0.2, 0) is 32.3 Å². The molecule has 0 aliphatic carbocycles. The summed E-state index contributed by atoms with van der Waals surface area (Å²) in [6.07, 6.45) is 8.39. The zero-order valence-electron chi connectivity index (χ0n) is 56.7. The number of hydrogen-bond acceptors (Lipinski definition) is 12. The molecule has 14 heteroatoms. The molecule has 0 atom stereocenters. The average Bonchev–Trinajstić information content (AvgIpc) is 0.721. The number of carbonyl (C=O) groups excluding carboxylic acids is 1. The number of hydrogen-bond donors (Lipinski definition) is 4. The van der Waals surface area contributed by atoms with E-state index >= 15 is 0 Å². The molecule has 4 N–H and O–H groups in total. The van der Waals surface area contributed by atoms with Crippen LogP contribution in [0.15, 0.2) is 190 Å². The molecular weight excluding hydrogens is 1220 g/mol. The predicted molar refractivity (Wildman–Crippen MR) is 379 cm³/mol. The summed E-state index contributed by atoms with van der Waals surface area (Å²) in [5, 5.41) is 63.1. The zero-order chi connectivity index (χ0) is 66.9. The van der Waals surface area contributed by atoms with E-state index in [1.165, 1.54) is 22.3 Å². The summed E-state index contributed by atoms with van der Waals surface area (Å²) in [5.74, 6) is 1.55. The average molecular weight is 1300 g/mol. The molecule has 1 radical (unpaired) electrons. The number of azo groups is 2. The van der Waals surface area contributed by atoms with E-state index in [1.807, 2.05) is 109 Å². The number of allylic oxidation sites excluding steroid dienone is 2. The molecule has 9 aromatic carbocycles. The smallest absolute Gasteiger partial charge is 0.338 e. The molecule has 94 heavy (non-hydrogen) atoms. The van der Waals surface area contributed by atoms with E-state index in [-0.39, 0.29) is 67.7 Å². The largest absolute Gasteiger partial charge is 0.506 e. The molecule has 13 nitrogen and oxygen atoms in total. The van der Waals surface area contributed by atoms with Gasteiger partial charge in [-0.05, 0) is 157 Å². The Morgan fingerprint density at radius 3 is 1.63 bits per heavy atom. The number of anilines is 1. The van der Waals surface area contributed by atoms with Gasteiger partial charge in [0.15, 0.2) is 5.54 Å². The summed E-state index contributed by atoms with van der Waals surface area (Å²) in [7, 11) is 4.28. The number of benzene rings is 9. The Hall–Kier alpha value is -9.37. The maximum atomic E-state index is 13.5. The van der Waals surface area contributed by atoms with Crippen LogP contribution in [0.2, 0.25) is 0 Å². The SMILES string of the molecule is CCC(C)(C)c1ccc(O)c(N=Nc2c(O)ccc3ccccc23)c1.CCC(C)(C)c1ccc(O)c(N=Nc2c(O)ccc3ccccc23)c1.CCCCOC(=O)c1ccccc1C1=c2cc3c(cc2Oc2cc4c(cc21)C(C)=CC(C)(C)N4C)=[N+](C)C(C)(C)C=C3C.[Co]. The number of aromatic hydroxyl groups is 4. The minimum absolute atomic E-state index is 0. The Kier molecular flexibility index (Phi) is 20.3. The van der Waals surface area contributed by atoms with Crippen molar-refractivity contribution in [2.75, 3.05) is 25.6 Å². The van der Waals surface area contributed by atoms with E-state index in [9.17, 15) is 25.2 Å². The number of fused-ring (bicyclic) bond motifs is 6. The van der Waals surface area contributed by atoms with Gasteiger partial charge in [0, 0.05) is 87.7 Å². The second kappa shape index (κ2) is 27.7. The van der Waals surface area contributed by atoms with Crippen LogP contribution in [0.3, 0.4) is 0 Å². The van der Waals surface area contributed by atoms with Gasteiger partial charge in [0.25, 0.3) is 0 Å². The van der Waals surface area contributed by atoms with Gasteiger partial charge in [-0.2, -0.15) is 0 Å². The molecule has 0 saturated heterocycles. The van der Waals surface area contributed by atoms with E-state index < -0.39 is 0 Å². The summed E-state index contributed by atoms with van der Waals surface area (Å²) in [6.45, 7) is 28.6. The first-order valence-electron chi connectivity index (χ1n) is 32.2. The summed E-state index contributed by atoms with van der Waals surface area (Å²) >= 11 is 0. The van der Waals surface area contributed by atoms with Crippen molar-refractivity contribution in [3.63, 3.8) is 0 Å². The minimum Gasteiger partial charge on any atom is -0.506 e. The Balaban J connectivity index is 0.000000176. The van der Waals surface area contributed by atoms with Crippen LogP contribution in [0.4, 0.5) is 28.4 Å². The van der Waals surface area contributed by atoms with Gasteiger partial charge in [0.05, 0.1) is 23.8 Å². The first-order valence-corrected chi connectivity index (χ1v) is 32.2. The van der Waals surface area contributed by atoms with Crippen molar-refractivity contribution in [3.05, 3.63) is 219 Å². The first-order chi connectivity index (χ1) is 44.2. The minimum atomic E-state index is -0.294. The summed E-state index contributed by atoms with van der Waals surface area (Å²) in [6, 6.07) is 49.7. The van der Waals surface area contributed by atoms with Crippen molar-refractivity contribution in [2.45, 2.75) is 138 Å². The third kappa shape index (κ3) is 14.0. The molecular formula is C80H87CoN6O7+. The van der Waals surface area contributed by atoms with Crippen LogP contribution in [0.5, 0.6) is 34.5 Å². The molecule has 3 aliphatic rings. The number of phenols is 4. The van der Waals surface area contributed by atoms with Crippen molar-refractivity contribution < 1.29 is 51.5 Å². The van der Waals surface area contributed by atoms with E-state index in [0.717, 1.165) is 103 Å². The molecule has 9 aromatic rings. The molecule has 487 valence electrons.